The largest absolute Gasteiger partial charge is 0.356 e. The predicted octanol–water partition coefficient (Wildman–Crippen LogP) is 0.970. The first-order valence-corrected chi connectivity index (χ1v) is 7.12. The van der Waals surface area contributed by atoms with Gasteiger partial charge in [0.15, 0.2) is 5.65 Å². The van der Waals surface area contributed by atoms with Crippen LogP contribution in [0.2, 0.25) is 0 Å². The van der Waals surface area contributed by atoms with E-state index in [1.54, 1.807) is 0 Å². The van der Waals surface area contributed by atoms with Crippen molar-refractivity contribution in [1.82, 2.24) is 19.5 Å². The molecule has 2 aliphatic rings. The quantitative estimate of drug-likeness (QED) is 0.763. The van der Waals surface area contributed by atoms with E-state index in [2.05, 4.69) is 21.9 Å². The van der Waals surface area contributed by atoms with Crippen molar-refractivity contribution in [3.8, 4) is 0 Å². The smallest absolute Gasteiger partial charge is 0.157 e. The van der Waals surface area contributed by atoms with Crippen LogP contribution in [0.4, 0.5) is 5.82 Å². The number of fused-ring (bicyclic) bond motifs is 2. The van der Waals surface area contributed by atoms with Crippen LogP contribution < -0.4 is 4.90 Å². The van der Waals surface area contributed by atoms with E-state index in [9.17, 15) is 0 Å². The summed E-state index contributed by atoms with van der Waals surface area (Å²) in [5, 5.41) is 4.48. The zero-order chi connectivity index (χ0) is 12.8. The standard InChI is InChI=1S/C14H19N5/c1-17-9-4-11-12(5-10-17)16-13-3-6-15-19(13)14(11)18-7-2-8-18/h3,6H,2,4-5,7-10H2,1H3. The molecule has 0 N–H and O–H groups in total. The average molecular weight is 257 g/mol. The zero-order valence-corrected chi connectivity index (χ0v) is 11.3. The van der Waals surface area contributed by atoms with Crippen molar-refractivity contribution in [2.45, 2.75) is 19.3 Å². The van der Waals surface area contributed by atoms with Gasteiger partial charge in [-0.3, -0.25) is 0 Å². The number of nitrogens with zero attached hydrogens (tertiary/aromatic N) is 5. The van der Waals surface area contributed by atoms with Crippen LogP contribution in [-0.4, -0.2) is 52.7 Å². The maximum Gasteiger partial charge on any atom is 0.157 e. The van der Waals surface area contributed by atoms with Crippen molar-refractivity contribution in [1.29, 1.82) is 0 Å². The van der Waals surface area contributed by atoms with Crippen LogP contribution in [0.5, 0.6) is 0 Å². The molecule has 1 saturated heterocycles. The molecular formula is C14H19N5. The Labute approximate surface area is 112 Å². The molecule has 0 spiro atoms. The lowest BCUT2D eigenvalue weighted by Gasteiger charge is -2.35. The topological polar surface area (TPSA) is 36.7 Å². The van der Waals surface area contributed by atoms with Gasteiger partial charge in [-0.05, 0) is 19.9 Å². The van der Waals surface area contributed by atoms with Gasteiger partial charge in [-0.15, -0.1) is 0 Å². The minimum Gasteiger partial charge on any atom is -0.356 e. The first kappa shape index (κ1) is 11.2. The van der Waals surface area contributed by atoms with Gasteiger partial charge < -0.3 is 9.80 Å². The van der Waals surface area contributed by atoms with Gasteiger partial charge in [0, 0.05) is 44.2 Å². The van der Waals surface area contributed by atoms with Crippen molar-refractivity contribution >= 4 is 11.5 Å². The Bertz CT molecular complexity index is 614. The van der Waals surface area contributed by atoms with E-state index in [1.165, 1.54) is 23.5 Å². The highest BCUT2D eigenvalue weighted by molar-refractivity contribution is 5.58. The fourth-order valence-corrected chi connectivity index (χ4v) is 3.03. The van der Waals surface area contributed by atoms with Gasteiger partial charge in [-0.25, -0.2) is 4.98 Å². The van der Waals surface area contributed by atoms with E-state index >= 15 is 0 Å². The van der Waals surface area contributed by atoms with Gasteiger partial charge in [-0.2, -0.15) is 9.61 Å². The van der Waals surface area contributed by atoms with Crippen molar-refractivity contribution < 1.29 is 0 Å². The molecule has 5 nitrogen and oxygen atoms in total. The van der Waals surface area contributed by atoms with E-state index in [1.807, 2.05) is 16.8 Å². The third kappa shape index (κ3) is 1.72. The van der Waals surface area contributed by atoms with Crippen LogP contribution in [0.15, 0.2) is 12.3 Å². The van der Waals surface area contributed by atoms with E-state index < -0.39 is 0 Å². The van der Waals surface area contributed by atoms with Crippen molar-refractivity contribution in [3.05, 3.63) is 23.5 Å². The number of likely N-dealkylation sites (N-methyl/N-ethyl adjacent to an activating group) is 1. The molecule has 2 aromatic rings. The number of rotatable bonds is 1. The van der Waals surface area contributed by atoms with Crippen LogP contribution in [0.3, 0.4) is 0 Å². The second kappa shape index (κ2) is 4.20. The molecule has 0 bridgehead atoms. The Morgan fingerprint density at radius 3 is 2.74 bits per heavy atom. The molecule has 0 aliphatic carbocycles. The fourth-order valence-electron chi connectivity index (χ4n) is 3.03. The minimum atomic E-state index is 0.991. The third-order valence-electron chi connectivity index (χ3n) is 4.32. The molecule has 0 amide bonds. The first-order chi connectivity index (χ1) is 9.33. The molecule has 0 saturated carbocycles. The van der Waals surface area contributed by atoms with Gasteiger partial charge in [0.1, 0.15) is 5.82 Å². The summed E-state index contributed by atoms with van der Waals surface area (Å²) in [5.41, 5.74) is 3.68. The highest BCUT2D eigenvalue weighted by Gasteiger charge is 2.25. The van der Waals surface area contributed by atoms with Crippen molar-refractivity contribution in [2.75, 3.05) is 38.1 Å². The van der Waals surface area contributed by atoms with E-state index in [0.29, 0.717) is 0 Å². The molecule has 1 fully saturated rings. The minimum absolute atomic E-state index is 0.991. The Kier molecular flexibility index (Phi) is 2.48. The molecule has 5 heteroatoms. The summed E-state index contributed by atoms with van der Waals surface area (Å²) in [7, 11) is 2.19. The SMILES string of the molecule is CN1CCc2nc3ccnn3c(N3CCC3)c2CC1. The zero-order valence-electron chi connectivity index (χ0n) is 11.3. The summed E-state index contributed by atoms with van der Waals surface area (Å²) in [4.78, 5) is 9.66. The van der Waals surface area contributed by atoms with E-state index in [-0.39, 0.29) is 0 Å². The Morgan fingerprint density at radius 1 is 1.11 bits per heavy atom. The monoisotopic (exact) mass is 257 g/mol. The third-order valence-corrected chi connectivity index (χ3v) is 4.32. The summed E-state index contributed by atoms with van der Waals surface area (Å²) in [6, 6.07) is 2.01. The molecule has 0 aromatic carbocycles. The molecule has 4 heterocycles. The van der Waals surface area contributed by atoms with E-state index in [0.717, 1.165) is 44.7 Å². The molecule has 0 radical (unpaired) electrons. The average Bonchev–Trinajstić information content (AvgIpc) is 2.72. The number of aromatic nitrogens is 3. The summed E-state index contributed by atoms with van der Waals surface area (Å²) < 4.78 is 2.03. The maximum atomic E-state index is 4.82. The molecule has 4 rings (SSSR count). The van der Waals surface area contributed by atoms with Gasteiger partial charge in [0.05, 0.1) is 11.9 Å². The van der Waals surface area contributed by atoms with Gasteiger partial charge in [0.2, 0.25) is 0 Å². The molecular weight excluding hydrogens is 238 g/mol. The summed E-state index contributed by atoms with van der Waals surface area (Å²) in [6.45, 7) is 4.52. The van der Waals surface area contributed by atoms with Gasteiger partial charge >= 0.3 is 0 Å². The lowest BCUT2D eigenvalue weighted by atomic mass is 10.1. The lowest BCUT2D eigenvalue weighted by molar-refractivity contribution is 0.352. The van der Waals surface area contributed by atoms with Gasteiger partial charge in [-0.1, -0.05) is 0 Å². The van der Waals surface area contributed by atoms with Crippen LogP contribution >= 0.6 is 0 Å². The molecule has 0 unspecified atom stereocenters. The molecule has 100 valence electrons. The number of anilines is 1. The second-order valence-corrected chi connectivity index (χ2v) is 5.61. The Balaban J connectivity index is 1.92. The Morgan fingerprint density at radius 2 is 1.95 bits per heavy atom. The fraction of sp³-hybridized carbons (Fsp3) is 0.571. The van der Waals surface area contributed by atoms with Gasteiger partial charge in [0.25, 0.3) is 0 Å². The van der Waals surface area contributed by atoms with Crippen LogP contribution in [0.25, 0.3) is 5.65 Å². The lowest BCUT2D eigenvalue weighted by Crippen LogP contribution is -2.39. The van der Waals surface area contributed by atoms with Crippen LogP contribution in [-0.2, 0) is 12.8 Å². The molecule has 0 atom stereocenters. The molecule has 2 aromatic heterocycles. The predicted molar refractivity (Wildman–Crippen MR) is 74.7 cm³/mol. The van der Waals surface area contributed by atoms with Crippen molar-refractivity contribution in [2.24, 2.45) is 0 Å². The number of hydrogen-bond donors (Lipinski definition) is 0. The summed E-state index contributed by atoms with van der Waals surface area (Å²) in [6.07, 6.45) is 5.28. The summed E-state index contributed by atoms with van der Waals surface area (Å²) >= 11 is 0. The Hall–Kier alpha value is -1.62. The highest BCUT2D eigenvalue weighted by Crippen LogP contribution is 2.29. The normalized spacial score (nSPS) is 20.2. The van der Waals surface area contributed by atoms with Crippen molar-refractivity contribution in [3.63, 3.8) is 0 Å². The van der Waals surface area contributed by atoms with E-state index in [4.69, 9.17) is 4.98 Å². The molecule has 2 aliphatic heterocycles. The van der Waals surface area contributed by atoms with Crippen LogP contribution in [0.1, 0.15) is 17.7 Å². The molecule has 19 heavy (non-hydrogen) atoms. The van der Waals surface area contributed by atoms with Crippen LogP contribution in [0, 0.1) is 0 Å². The first-order valence-electron chi connectivity index (χ1n) is 7.12. The second-order valence-electron chi connectivity index (χ2n) is 5.61. The maximum absolute atomic E-state index is 4.82. The highest BCUT2D eigenvalue weighted by atomic mass is 15.4. The summed E-state index contributed by atoms with van der Waals surface area (Å²) in [5.74, 6) is 1.30. The number of hydrogen-bond acceptors (Lipinski definition) is 4.